The molecule has 0 spiro atoms. The van der Waals surface area contributed by atoms with Gasteiger partial charge in [0.2, 0.25) is 0 Å². The summed E-state index contributed by atoms with van der Waals surface area (Å²) in [4.78, 5) is 0. The number of hydrogen-bond donors (Lipinski definition) is 2. The van der Waals surface area contributed by atoms with Crippen molar-refractivity contribution >= 4 is 0 Å². The van der Waals surface area contributed by atoms with Gasteiger partial charge in [0.05, 0.1) is 0 Å². The first-order valence-corrected chi connectivity index (χ1v) is 8.38. The van der Waals surface area contributed by atoms with Crippen LogP contribution in [0.2, 0.25) is 0 Å². The molecule has 1 atom stereocenters. The smallest absolute Gasteiger partial charge is 0.00174 e. The lowest BCUT2D eigenvalue weighted by Gasteiger charge is -2.27. The largest absolute Gasteiger partial charge is 0.317 e. The summed E-state index contributed by atoms with van der Waals surface area (Å²) in [6.07, 6.45) is 14.6. The van der Waals surface area contributed by atoms with E-state index in [2.05, 4.69) is 10.6 Å². The van der Waals surface area contributed by atoms with Crippen molar-refractivity contribution in [2.45, 2.75) is 64.2 Å². The van der Waals surface area contributed by atoms with Crippen molar-refractivity contribution in [2.24, 2.45) is 11.8 Å². The fraction of sp³-hybridized carbons (Fsp3) is 1.00. The van der Waals surface area contributed by atoms with Gasteiger partial charge in [-0.05, 0) is 50.9 Å². The minimum atomic E-state index is 0.925. The Hall–Kier alpha value is -0.0800. The van der Waals surface area contributed by atoms with Crippen LogP contribution >= 0.6 is 0 Å². The molecule has 0 bridgehead atoms. The average molecular weight is 252 g/mol. The lowest BCUT2D eigenvalue weighted by molar-refractivity contribution is 0.262. The molecule has 0 aromatic rings. The van der Waals surface area contributed by atoms with E-state index in [1.165, 1.54) is 90.4 Å². The Morgan fingerprint density at radius 3 is 1.94 bits per heavy atom. The van der Waals surface area contributed by atoms with Crippen LogP contribution in [0.15, 0.2) is 0 Å². The van der Waals surface area contributed by atoms with E-state index < -0.39 is 0 Å². The predicted molar refractivity (Wildman–Crippen MR) is 78.9 cm³/mol. The van der Waals surface area contributed by atoms with Crippen LogP contribution in [0.3, 0.4) is 0 Å². The van der Waals surface area contributed by atoms with E-state index in [9.17, 15) is 0 Å². The van der Waals surface area contributed by atoms with Gasteiger partial charge < -0.3 is 10.6 Å². The van der Waals surface area contributed by atoms with Crippen LogP contribution in [0.5, 0.6) is 0 Å². The third kappa shape index (κ3) is 5.27. The van der Waals surface area contributed by atoms with Crippen molar-refractivity contribution in [2.75, 3.05) is 26.2 Å². The Labute approximate surface area is 113 Å². The standard InChI is InChI=1S/C16H32N2/c1-2-4-6-9-15(8-5-3-1)16-10-13-17-11-7-12-18-14-16/h15-18H,1-14H2. The van der Waals surface area contributed by atoms with Crippen LogP contribution in [-0.4, -0.2) is 26.2 Å². The summed E-state index contributed by atoms with van der Waals surface area (Å²) in [6, 6.07) is 0. The average Bonchev–Trinajstić information content (AvgIpc) is 2.61. The molecule has 1 aliphatic carbocycles. The van der Waals surface area contributed by atoms with Crippen molar-refractivity contribution in [1.82, 2.24) is 10.6 Å². The Bertz CT molecular complexity index is 163. The molecule has 0 aromatic carbocycles. The van der Waals surface area contributed by atoms with Gasteiger partial charge in [0.1, 0.15) is 0 Å². The predicted octanol–water partition coefficient (Wildman–Crippen LogP) is 3.33. The lowest BCUT2D eigenvalue weighted by atomic mass is 9.82. The van der Waals surface area contributed by atoms with Crippen molar-refractivity contribution in [3.63, 3.8) is 0 Å². The lowest BCUT2D eigenvalue weighted by Crippen LogP contribution is -2.29. The Morgan fingerprint density at radius 2 is 1.17 bits per heavy atom. The fourth-order valence-corrected chi connectivity index (χ4v) is 3.68. The summed E-state index contributed by atoms with van der Waals surface area (Å²) in [6.45, 7) is 4.91. The minimum Gasteiger partial charge on any atom is -0.317 e. The molecule has 0 aromatic heterocycles. The summed E-state index contributed by atoms with van der Waals surface area (Å²) in [5.74, 6) is 1.92. The molecule has 18 heavy (non-hydrogen) atoms. The summed E-state index contributed by atoms with van der Waals surface area (Å²) in [5, 5.41) is 7.28. The number of hydrogen-bond acceptors (Lipinski definition) is 2. The van der Waals surface area contributed by atoms with Gasteiger partial charge in [-0.1, -0.05) is 51.4 Å². The SMILES string of the molecule is C1CCCCC(C2CCNCCCNC2)CCC1. The van der Waals surface area contributed by atoms with Gasteiger partial charge in [0.15, 0.2) is 0 Å². The molecule has 106 valence electrons. The second kappa shape index (κ2) is 8.92. The number of nitrogens with one attached hydrogen (secondary N) is 2. The van der Waals surface area contributed by atoms with Crippen LogP contribution in [0.4, 0.5) is 0 Å². The van der Waals surface area contributed by atoms with Gasteiger partial charge in [-0.15, -0.1) is 0 Å². The fourth-order valence-electron chi connectivity index (χ4n) is 3.68. The van der Waals surface area contributed by atoms with E-state index in [0.717, 1.165) is 11.8 Å². The molecule has 0 amide bonds. The highest BCUT2D eigenvalue weighted by atomic mass is 14.9. The topological polar surface area (TPSA) is 24.1 Å². The van der Waals surface area contributed by atoms with E-state index >= 15 is 0 Å². The van der Waals surface area contributed by atoms with Crippen LogP contribution < -0.4 is 10.6 Å². The van der Waals surface area contributed by atoms with Gasteiger partial charge in [0, 0.05) is 0 Å². The third-order valence-corrected chi connectivity index (χ3v) is 4.87. The molecule has 0 radical (unpaired) electrons. The minimum absolute atomic E-state index is 0.925. The normalized spacial score (nSPS) is 30.3. The molecule has 2 N–H and O–H groups in total. The highest BCUT2D eigenvalue weighted by molar-refractivity contribution is 4.76. The van der Waals surface area contributed by atoms with Crippen molar-refractivity contribution in [1.29, 1.82) is 0 Å². The van der Waals surface area contributed by atoms with Crippen LogP contribution in [0.1, 0.15) is 64.2 Å². The molecule has 2 rings (SSSR count). The maximum absolute atomic E-state index is 3.69. The second-order valence-corrected chi connectivity index (χ2v) is 6.32. The number of rotatable bonds is 1. The highest BCUT2D eigenvalue weighted by Gasteiger charge is 2.21. The van der Waals surface area contributed by atoms with Crippen LogP contribution in [0.25, 0.3) is 0 Å². The van der Waals surface area contributed by atoms with E-state index in [4.69, 9.17) is 0 Å². The zero-order valence-corrected chi connectivity index (χ0v) is 12.1. The molecule has 1 aliphatic heterocycles. The van der Waals surface area contributed by atoms with Gasteiger partial charge >= 0.3 is 0 Å². The zero-order valence-electron chi connectivity index (χ0n) is 12.1. The van der Waals surface area contributed by atoms with E-state index in [1.54, 1.807) is 0 Å². The molecular formula is C16H32N2. The molecule has 2 nitrogen and oxygen atoms in total. The molecule has 1 saturated carbocycles. The quantitative estimate of drug-likeness (QED) is 0.748. The highest BCUT2D eigenvalue weighted by Crippen LogP contribution is 2.29. The Morgan fingerprint density at radius 1 is 0.500 bits per heavy atom. The van der Waals surface area contributed by atoms with E-state index in [-0.39, 0.29) is 0 Å². The molecule has 1 heterocycles. The van der Waals surface area contributed by atoms with Crippen molar-refractivity contribution in [3.05, 3.63) is 0 Å². The Balaban J connectivity index is 1.83. The molecular weight excluding hydrogens is 220 g/mol. The van der Waals surface area contributed by atoms with Gasteiger partial charge in [-0.3, -0.25) is 0 Å². The maximum atomic E-state index is 3.69. The monoisotopic (exact) mass is 252 g/mol. The summed E-state index contributed by atoms with van der Waals surface area (Å²) < 4.78 is 0. The molecule has 2 heteroatoms. The van der Waals surface area contributed by atoms with E-state index in [1.807, 2.05) is 0 Å². The Kier molecular flexibility index (Phi) is 7.11. The zero-order chi connectivity index (χ0) is 12.5. The van der Waals surface area contributed by atoms with Crippen molar-refractivity contribution in [3.8, 4) is 0 Å². The van der Waals surface area contributed by atoms with Gasteiger partial charge in [-0.2, -0.15) is 0 Å². The van der Waals surface area contributed by atoms with Crippen LogP contribution in [-0.2, 0) is 0 Å². The first-order valence-electron chi connectivity index (χ1n) is 8.38. The van der Waals surface area contributed by atoms with Gasteiger partial charge in [0.25, 0.3) is 0 Å². The maximum Gasteiger partial charge on any atom is -0.00174 e. The summed E-state index contributed by atoms with van der Waals surface area (Å²) >= 11 is 0. The molecule has 1 unspecified atom stereocenters. The summed E-state index contributed by atoms with van der Waals surface area (Å²) in [7, 11) is 0. The van der Waals surface area contributed by atoms with Crippen LogP contribution in [0, 0.1) is 11.8 Å². The first kappa shape index (κ1) is 14.3. The van der Waals surface area contributed by atoms with Gasteiger partial charge in [-0.25, -0.2) is 0 Å². The molecule has 1 saturated heterocycles. The second-order valence-electron chi connectivity index (χ2n) is 6.32. The van der Waals surface area contributed by atoms with Crippen molar-refractivity contribution < 1.29 is 0 Å². The molecule has 2 aliphatic rings. The summed E-state index contributed by atoms with van der Waals surface area (Å²) in [5.41, 5.74) is 0. The molecule has 2 fully saturated rings. The first-order chi connectivity index (χ1) is 8.97. The third-order valence-electron chi connectivity index (χ3n) is 4.87. The van der Waals surface area contributed by atoms with E-state index in [0.29, 0.717) is 0 Å².